The Morgan fingerprint density at radius 3 is 1.14 bits per heavy atom. The van der Waals surface area contributed by atoms with Gasteiger partial charge < -0.3 is 0 Å². The summed E-state index contributed by atoms with van der Waals surface area (Å²) in [4.78, 5) is 0. The number of benzene rings is 1. The van der Waals surface area contributed by atoms with Gasteiger partial charge in [0.15, 0.2) is 0 Å². The Kier molecular flexibility index (Phi) is 8.93. The number of rotatable bonds is 0. The van der Waals surface area contributed by atoms with Crippen LogP contribution in [0.3, 0.4) is 0 Å². The molecule has 1 aliphatic rings. The third-order valence-electron chi connectivity index (χ3n) is 1.57. The Bertz CT molecular complexity index is 359. The molecule has 0 nitrogen and oxygen atoms in total. The van der Waals surface area contributed by atoms with Crippen LogP contribution in [0.15, 0.2) is 24.3 Å². The van der Waals surface area contributed by atoms with E-state index >= 15 is 0 Å². The van der Waals surface area contributed by atoms with E-state index in [2.05, 4.69) is 0 Å². The quantitative estimate of drug-likeness (QED) is 0.252. The van der Waals surface area contributed by atoms with Crippen molar-refractivity contribution in [2.75, 3.05) is 0 Å². The number of hydrogen-bond acceptors (Lipinski definition) is 0. The second kappa shape index (κ2) is 8.05. The van der Waals surface area contributed by atoms with E-state index in [0.717, 1.165) is 5.02 Å². The fourth-order valence-electron chi connectivity index (χ4n) is 0.854. The molecule has 21 heavy (non-hydrogen) atoms. The van der Waals surface area contributed by atoms with E-state index in [9.17, 15) is 25.2 Å². The van der Waals surface area contributed by atoms with Crippen molar-refractivity contribution in [3.63, 3.8) is 0 Å². The smallest absolute Gasteiger partial charge is 0.0312 e. The molecule has 0 saturated heterocycles. The monoisotopic (exact) mass is 392 g/mol. The van der Waals surface area contributed by atoms with Gasteiger partial charge in [0.2, 0.25) is 0 Å². The molecule has 0 heterocycles. The summed E-state index contributed by atoms with van der Waals surface area (Å²) in [6.07, 6.45) is 10.0. The second-order valence-electron chi connectivity index (χ2n) is 3.72. The molecule has 1 aromatic rings. The van der Waals surface area contributed by atoms with Gasteiger partial charge in [-0.05, 0) is 51.2 Å². The number of aryl methyl sites for hydroxylation is 1. The topological polar surface area (TPSA) is 0 Å². The van der Waals surface area contributed by atoms with E-state index in [1.165, 1.54) is 5.56 Å². The molecule has 0 N–H and O–H groups in total. The van der Waals surface area contributed by atoms with Crippen molar-refractivity contribution in [3.05, 3.63) is 67.0 Å². The van der Waals surface area contributed by atoms with Gasteiger partial charge in [0.1, 0.15) is 0 Å². The Morgan fingerprint density at radius 1 is 0.714 bits per heavy atom. The number of halogens is 7. The fraction of sp³-hybridized carbons (Fsp3) is 0.0833. The van der Waals surface area contributed by atoms with E-state index in [1.807, 2.05) is 63.3 Å². The van der Waals surface area contributed by atoms with Crippen LogP contribution >= 0.6 is 19.4 Å². The number of hydrogen-bond donors (Lipinski definition) is 0. The van der Waals surface area contributed by atoms with Crippen LogP contribution in [0.2, 0.25) is 5.02 Å². The van der Waals surface area contributed by atoms with Crippen molar-refractivity contribution in [3.8, 4) is 0 Å². The van der Waals surface area contributed by atoms with Crippen molar-refractivity contribution in [2.24, 2.45) is 0 Å². The summed E-state index contributed by atoms with van der Waals surface area (Å²) >= 11 is 5.61. The molecule has 1 aromatic carbocycles. The molecule has 0 amide bonds. The first-order valence-electron chi connectivity index (χ1n) is 5.19. The first kappa shape index (κ1) is 23.3. The van der Waals surface area contributed by atoms with Gasteiger partial charge in [-0.3, -0.25) is 0 Å². The summed E-state index contributed by atoms with van der Waals surface area (Å²) in [6, 6.07) is 7.75. The molecule has 1 fully saturated rings. The first-order valence-corrected chi connectivity index (χ1v) is 7.60. The molecule has 0 aliphatic heterocycles. The molecule has 0 unspecified atom stereocenters. The van der Waals surface area contributed by atoms with Crippen LogP contribution in [-0.4, -0.2) is 0 Å². The van der Waals surface area contributed by atoms with Gasteiger partial charge in [-0.2, -0.15) is 0 Å². The van der Waals surface area contributed by atoms with Gasteiger partial charge in [0.05, 0.1) is 0 Å². The molecule has 1 aliphatic carbocycles. The SMILES string of the molecule is Cc1ccc(Cl)cc1.F[P-](F)(F)(F)(F)F.[CH]1[CH][CH][CH][CH]1.[Fe+2]. The van der Waals surface area contributed by atoms with E-state index in [0.29, 0.717) is 0 Å². The zero-order chi connectivity index (χ0) is 15.9. The minimum absolute atomic E-state index is 0. The van der Waals surface area contributed by atoms with Gasteiger partial charge in [0.25, 0.3) is 0 Å². The summed E-state index contributed by atoms with van der Waals surface area (Å²) < 4.78 is 59.2. The van der Waals surface area contributed by atoms with Crippen molar-refractivity contribution >= 4 is 19.4 Å². The summed E-state index contributed by atoms with van der Waals surface area (Å²) in [5, 5.41) is 0.801. The Labute approximate surface area is 136 Å². The average Bonchev–Trinajstić information content (AvgIpc) is 2.76. The van der Waals surface area contributed by atoms with Crippen LogP contribution in [0, 0.1) is 39.0 Å². The largest absolute Gasteiger partial charge is 2.00 e. The van der Waals surface area contributed by atoms with Gasteiger partial charge in [-0.1, -0.05) is 29.3 Å². The molecule has 0 bridgehead atoms. The van der Waals surface area contributed by atoms with E-state index in [-0.39, 0.29) is 17.1 Å². The average molecular weight is 392 g/mol. The van der Waals surface area contributed by atoms with E-state index in [1.54, 1.807) is 0 Å². The van der Waals surface area contributed by atoms with Gasteiger partial charge >= 0.3 is 50.1 Å². The van der Waals surface area contributed by atoms with Crippen molar-refractivity contribution in [1.29, 1.82) is 0 Å². The molecule has 121 valence electrons. The second-order valence-corrected chi connectivity index (χ2v) is 6.07. The van der Waals surface area contributed by atoms with Crippen molar-refractivity contribution in [1.82, 2.24) is 0 Å². The molecule has 0 aromatic heterocycles. The summed E-state index contributed by atoms with van der Waals surface area (Å²) in [7, 11) is -10.7. The zero-order valence-electron chi connectivity index (χ0n) is 10.6. The summed E-state index contributed by atoms with van der Waals surface area (Å²) in [5.41, 5.74) is 1.24. The standard InChI is InChI=1S/C7H7Cl.C5H5.F6P.Fe/c1-6-2-4-7(8)5-3-6;1-2-4-5-3-1;1-7(2,3,4,5)6;/h2-5H,1H3;1-5H;;/q;;-1;+2. The van der Waals surface area contributed by atoms with E-state index in [4.69, 9.17) is 11.6 Å². The molecule has 9 heteroatoms. The minimum Gasteiger partial charge on any atom is -0.0312 e. The van der Waals surface area contributed by atoms with Crippen molar-refractivity contribution < 1.29 is 42.3 Å². The maximum absolute atomic E-state index is 10.7. The Morgan fingerprint density at radius 2 is 0.952 bits per heavy atom. The van der Waals surface area contributed by atoms with Crippen LogP contribution < -0.4 is 0 Å². The van der Waals surface area contributed by atoms with Gasteiger partial charge in [0, 0.05) is 5.02 Å². The zero-order valence-corrected chi connectivity index (χ0v) is 13.4. The van der Waals surface area contributed by atoms with Crippen molar-refractivity contribution in [2.45, 2.75) is 6.92 Å². The van der Waals surface area contributed by atoms with Crippen LogP contribution in [0.5, 0.6) is 0 Å². The Balaban J connectivity index is 0. The van der Waals surface area contributed by atoms with Crippen LogP contribution in [0.25, 0.3) is 0 Å². The first-order chi connectivity index (χ1) is 8.74. The maximum Gasteiger partial charge on any atom is 2.00 e. The predicted molar refractivity (Wildman–Crippen MR) is 71.3 cm³/mol. The molecule has 5 radical (unpaired) electrons. The van der Waals surface area contributed by atoms with Gasteiger partial charge in [-0.25, -0.2) is 0 Å². The normalized spacial score (nSPS) is 17.0. The third kappa shape index (κ3) is 28.8. The molecule has 0 atom stereocenters. The third-order valence-corrected chi connectivity index (χ3v) is 1.82. The minimum atomic E-state index is -10.7. The fourth-order valence-corrected chi connectivity index (χ4v) is 0.980. The van der Waals surface area contributed by atoms with Crippen LogP contribution in [0.1, 0.15) is 5.56 Å². The maximum atomic E-state index is 9.87. The molecular weight excluding hydrogens is 380 g/mol. The molecular formula is C12H12ClF6FeP+. The van der Waals surface area contributed by atoms with Gasteiger partial charge in [-0.15, -0.1) is 0 Å². The molecule has 1 saturated carbocycles. The predicted octanol–water partition coefficient (Wildman–Crippen LogP) is 7.05. The Hall–Kier alpha value is 0.0395. The molecule has 0 spiro atoms. The van der Waals surface area contributed by atoms with Crippen LogP contribution in [-0.2, 0) is 17.1 Å². The van der Waals surface area contributed by atoms with E-state index < -0.39 is 7.81 Å². The van der Waals surface area contributed by atoms with Crippen LogP contribution in [0.4, 0.5) is 25.2 Å². The summed E-state index contributed by atoms with van der Waals surface area (Å²) in [6.45, 7) is 2.04. The summed E-state index contributed by atoms with van der Waals surface area (Å²) in [5.74, 6) is 0. The molecule has 2 rings (SSSR count).